The van der Waals surface area contributed by atoms with Crippen LogP contribution in [-0.2, 0) is 17.8 Å². The summed E-state index contributed by atoms with van der Waals surface area (Å²) in [6.07, 6.45) is 6.95. The topological polar surface area (TPSA) is 50.2 Å². The second kappa shape index (κ2) is 12.1. The van der Waals surface area contributed by atoms with E-state index in [0.29, 0.717) is 5.92 Å². The number of fused-ring (bicyclic) bond motifs is 1. The maximum Gasteiger partial charge on any atom is 0.226 e. The van der Waals surface area contributed by atoms with Gasteiger partial charge in [0.05, 0.1) is 11.0 Å². The van der Waals surface area contributed by atoms with Crippen molar-refractivity contribution < 1.29 is 4.79 Å². The Hall–Kier alpha value is -2.66. The number of nitrogens with zero attached hydrogens (tertiary/aromatic N) is 3. The van der Waals surface area contributed by atoms with Crippen LogP contribution in [0.5, 0.6) is 0 Å². The summed E-state index contributed by atoms with van der Waals surface area (Å²) in [6.45, 7) is 14.9. The Morgan fingerprint density at radius 2 is 1.86 bits per heavy atom. The fourth-order valence-corrected chi connectivity index (χ4v) is 5.49. The highest BCUT2D eigenvalue weighted by molar-refractivity contribution is 5.92. The van der Waals surface area contributed by atoms with Gasteiger partial charge in [-0.2, -0.15) is 0 Å². The lowest BCUT2D eigenvalue weighted by molar-refractivity contribution is -0.118. The van der Waals surface area contributed by atoms with Crippen molar-refractivity contribution in [3.8, 4) is 0 Å². The number of carbonyl (C=O) groups is 1. The molecule has 3 aromatic rings. The van der Waals surface area contributed by atoms with Gasteiger partial charge in [-0.15, -0.1) is 0 Å². The molecule has 1 aliphatic heterocycles. The third-order valence-electron chi connectivity index (χ3n) is 7.62. The number of rotatable bonds is 10. The lowest BCUT2D eigenvalue weighted by atomic mass is 9.89. The normalized spacial score (nSPS) is 15.2. The van der Waals surface area contributed by atoms with E-state index >= 15 is 0 Å². The van der Waals surface area contributed by atoms with Crippen molar-refractivity contribution in [2.45, 2.75) is 85.6 Å². The van der Waals surface area contributed by atoms with Gasteiger partial charge in [0.1, 0.15) is 5.82 Å². The van der Waals surface area contributed by atoms with Crippen LogP contribution < -0.4 is 5.32 Å². The lowest BCUT2D eigenvalue weighted by Crippen LogP contribution is -2.34. The molecule has 1 saturated heterocycles. The van der Waals surface area contributed by atoms with E-state index in [9.17, 15) is 4.79 Å². The average molecular weight is 489 g/mol. The minimum absolute atomic E-state index is 0.00650. The summed E-state index contributed by atoms with van der Waals surface area (Å²) in [7, 11) is 0. The summed E-state index contributed by atoms with van der Waals surface area (Å²) in [6, 6.07) is 13.0. The van der Waals surface area contributed by atoms with E-state index in [-0.39, 0.29) is 11.8 Å². The summed E-state index contributed by atoms with van der Waals surface area (Å²) in [5.41, 5.74) is 7.37. The third kappa shape index (κ3) is 6.36. The fourth-order valence-electron chi connectivity index (χ4n) is 5.49. The highest BCUT2D eigenvalue weighted by atomic mass is 16.1. The van der Waals surface area contributed by atoms with Crippen molar-refractivity contribution in [2.24, 2.45) is 5.92 Å². The Labute approximate surface area is 217 Å². The van der Waals surface area contributed by atoms with Crippen LogP contribution in [0.15, 0.2) is 36.4 Å². The monoisotopic (exact) mass is 488 g/mol. The fraction of sp³-hybridized carbons (Fsp3) is 0.548. The third-order valence-corrected chi connectivity index (χ3v) is 7.62. The molecule has 1 fully saturated rings. The van der Waals surface area contributed by atoms with Gasteiger partial charge >= 0.3 is 0 Å². The molecule has 2 aromatic carbocycles. The first-order chi connectivity index (χ1) is 17.4. The average Bonchev–Trinajstić information content (AvgIpc) is 3.21. The van der Waals surface area contributed by atoms with Gasteiger partial charge in [0.15, 0.2) is 0 Å². The van der Waals surface area contributed by atoms with Gasteiger partial charge in [-0.25, -0.2) is 4.98 Å². The molecule has 0 spiro atoms. The zero-order valence-electron chi connectivity index (χ0n) is 22.9. The Morgan fingerprint density at radius 1 is 1.08 bits per heavy atom. The van der Waals surface area contributed by atoms with Crippen LogP contribution in [0.4, 0.5) is 5.69 Å². The number of imidazole rings is 1. The van der Waals surface area contributed by atoms with Gasteiger partial charge in [0, 0.05) is 24.6 Å². The standard InChI is InChI=1S/C31H44N4O/c1-6-7-12-29-33-30-24(5)19-23(4)20-28(30)35(29)16-9-15-34-17-13-25(14-18-34)26-10-8-11-27(21-26)32-31(36)22(2)3/h8,10-11,19-22,25H,6-7,9,12-18H2,1-5H3,(H,32,36). The summed E-state index contributed by atoms with van der Waals surface area (Å²) >= 11 is 0. The molecule has 0 unspecified atom stereocenters. The molecule has 1 aromatic heterocycles. The van der Waals surface area contributed by atoms with Crippen LogP contribution in [0, 0.1) is 19.8 Å². The van der Waals surface area contributed by atoms with Crippen LogP contribution >= 0.6 is 0 Å². The summed E-state index contributed by atoms with van der Waals surface area (Å²) < 4.78 is 2.49. The zero-order chi connectivity index (χ0) is 25.7. The second-order valence-corrected chi connectivity index (χ2v) is 11.0. The van der Waals surface area contributed by atoms with Gasteiger partial charge < -0.3 is 14.8 Å². The molecule has 0 atom stereocenters. The van der Waals surface area contributed by atoms with Crippen molar-refractivity contribution in [1.82, 2.24) is 14.5 Å². The van der Waals surface area contributed by atoms with Crippen molar-refractivity contribution in [1.29, 1.82) is 0 Å². The first-order valence-electron chi connectivity index (χ1n) is 13.9. The smallest absolute Gasteiger partial charge is 0.226 e. The number of unbranched alkanes of at least 4 members (excludes halogenated alkanes) is 1. The van der Waals surface area contributed by atoms with Crippen LogP contribution in [0.25, 0.3) is 11.0 Å². The molecule has 194 valence electrons. The quantitative estimate of drug-likeness (QED) is 0.339. The number of benzene rings is 2. The summed E-state index contributed by atoms with van der Waals surface area (Å²) in [5.74, 6) is 1.90. The Balaban J connectivity index is 1.33. The van der Waals surface area contributed by atoms with E-state index in [2.05, 4.69) is 65.9 Å². The zero-order valence-corrected chi connectivity index (χ0v) is 22.9. The maximum absolute atomic E-state index is 12.1. The van der Waals surface area contributed by atoms with Crippen LogP contribution in [0.1, 0.15) is 81.3 Å². The molecule has 0 radical (unpaired) electrons. The minimum atomic E-state index is -0.00650. The van der Waals surface area contributed by atoms with Crippen LogP contribution in [0.3, 0.4) is 0 Å². The van der Waals surface area contributed by atoms with Gasteiger partial charge in [0.2, 0.25) is 5.91 Å². The van der Waals surface area contributed by atoms with Crippen molar-refractivity contribution in [3.05, 3.63) is 58.9 Å². The van der Waals surface area contributed by atoms with Crippen molar-refractivity contribution >= 4 is 22.6 Å². The second-order valence-electron chi connectivity index (χ2n) is 11.0. The molecule has 2 heterocycles. The van der Waals surface area contributed by atoms with Crippen LogP contribution in [-0.4, -0.2) is 40.0 Å². The number of hydrogen-bond acceptors (Lipinski definition) is 3. The molecule has 36 heavy (non-hydrogen) atoms. The molecule has 0 saturated carbocycles. The molecule has 1 aliphatic rings. The number of aromatic nitrogens is 2. The Bertz CT molecular complexity index is 1170. The predicted octanol–water partition coefficient (Wildman–Crippen LogP) is 6.86. The first kappa shape index (κ1) is 26.4. The number of likely N-dealkylation sites (tertiary alicyclic amines) is 1. The number of piperidine rings is 1. The molecular formula is C31H44N4O. The molecule has 0 bridgehead atoms. The van der Waals surface area contributed by atoms with Crippen LogP contribution in [0.2, 0.25) is 0 Å². The van der Waals surface area contributed by atoms with Gasteiger partial charge in [-0.3, -0.25) is 4.79 Å². The van der Waals surface area contributed by atoms with Gasteiger partial charge in [-0.1, -0.05) is 45.4 Å². The van der Waals surface area contributed by atoms with Crippen molar-refractivity contribution in [3.63, 3.8) is 0 Å². The predicted molar refractivity (Wildman–Crippen MR) is 151 cm³/mol. The maximum atomic E-state index is 12.1. The largest absolute Gasteiger partial charge is 0.328 e. The van der Waals surface area contributed by atoms with E-state index in [0.717, 1.165) is 44.7 Å². The highest BCUT2D eigenvalue weighted by Gasteiger charge is 2.21. The Morgan fingerprint density at radius 3 is 2.58 bits per heavy atom. The SMILES string of the molecule is CCCCc1nc2c(C)cc(C)cc2n1CCCN1CCC(c2cccc(NC(=O)C(C)C)c2)CC1. The number of carbonyl (C=O) groups excluding carboxylic acids is 1. The summed E-state index contributed by atoms with van der Waals surface area (Å²) in [5, 5.41) is 3.05. The number of aryl methyl sites for hydroxylation is 4. The number of amides is 1. The number of anilines is 1. The molecular weight excluding hydrogens is 444 g/mol. The molecule has 4 rings (SSSR count). The van der Waals surface area contributed by atoms with E-state index < -0.39 is 0 Å². The highest BCUT2D eigenvalue weighted by Crippen LogP contribution is 2.30. The van der Waals surface area contributed by atoms with Gasteiger partial charge in [0.25, 0.3) is 0 Å². The molecule has 5 nitrogen and oxygen atoms in total. The van der Waals surface area contributed by atoms with E-state index in [4.69, 9.17) is 4.98 Å². The lowest BCUT2D eigenvalue weighted by Gasteiger charge is -2.32. The molecule has 5 heteroatoms. The molecule has 1 N–H and O–H groups in total. The molecule has 0 aliphatic carbocycles. The van der Waals surface area contributed by atoms with E-state index in [1.807, 2.05) is 19.9 Å². The van der Waals surface area contributed by atoms with E-state index in [1.165, 1.54) is 59.2 Å². The van der Waals surface area contributed by atoms with Crippen molar-refractivity contribution in [2.75, 3.05) is 25.0 Å². The minimum Gasteiger partial charge on any atom is -0.328 e. The molecule has 1 amide bonds. The van der Waals surface area contributed by atoms with E-state index in [1.54, 1.807) is 0 Å². The first-order valence-corrected chi connectivity index (χ1v) is 13.9. The number of hydrogen-bond donors (Lipinski definition) is 1. The Kier molecular flexibility index (Phi) is 8.84. The summed E-state index contributed by atoms with van der Waals surface area (Å²) in [4.78, 5) is 19.8. The van der Waals surface area contributed by atoms with Gasteiger partial charge in [-0.05, 0) is 100.0 Å². The number of nitrogens with one attached hydrogen (secondary N) is 1.